The van der Waals surface area contributed by atoms with Crippen molar-refractivity contribution >= 4 is 22.3 Å². The molecule has 1 aromatic heterocycles. The van der Waals surface area contributed by atoms with Gasteiger partial charge in [-0.05, 0) is 36.4 Å². The van der Waals surface area contributed by atoms with Crippen LogP contribution in [0.4, 0.5) is 15.8 Å². The fraction of sp³-hybridized carbons (Fsp3) is 0. The summed E-state index contributed by atoms with van der Waals surface area (Å²) in [5, 5.41) is 4.31. The lowest BCUT2D eigenvalue weighted by molar-refractivity contribution is 0.628. The zero-order valence-corrected chi connectivity index (χ0v) is 9.60. The molecule has 0 spiro atoms. The smallest absolute Gasteiger partial charge is 0.123 e. The Kier molecular flexibility index (Phi) is 2.65. The second-order valence-corrected chi connectivity index (χ2v) is 4.01. The van der Waals surface area contributed by atoms with Crippen LogP contribution in [0.5, 0.6) is 0 Å². The Balaban J connectivity index is 2.02. The van der Waals surface area contributed by atoms with Gasteiger partial charge in [-0.3, -0.25) is 4.98 Å². The van der Waals surface area contributed by atoms with Gasteiger partial charge in [-0.1, -0.05) is 18.2 Å². The monoisotopic (exact) mass is 238 g/mol. The molecule has 3 rings (SSSR count). The molecule has 0 fully saturated rings. The second kappa shape index (κ2) is 4.45. The lowest BCUT2D eigenvalue weighted by Gasteiger charge is -2.09. The molecule has 0 saturated heterocycles. The molecule has 18 heavy (non-hydrogen) atoms. The van der Waals surface area contributed by atoms with Gasteiger partial charge in [0, 0.05) is 23.0 Å². The minimum atomic E-state index is -0.236. The van der Waals surface area contributed by atoms with Crippen LogP contribution in [0.1, 0.15) is 0 Å². The van der Waals surface area contributed by atoms with Gasteiger partial charge in [0.05, 0.1) is 5.52 Å². The van der Waals surface area contributed by atoms with Crippen molar-refractivity contribution in [3.8, 4) is 0 Å². The molecule has 3 aromatic rings. The van der Waals surface area contributed by atoms with Gasteiger partial charge in [0.1, 0.15) is 5.82 Å². The Bertz CT molecular complexity index is 672. The van der Waals surface area contributed by atoms with Gasteiger partial charge >= 0.3 is 0 Å². The number of para-hydroxylation sites is 1. The highest BCUT2D eigenvalue weighted by molar-refractivity contribution is 5.92. The fourth-order valence-corrected chi connectivity index (χ4v) is 1.89. The molecule has 0 atom stereocenters. The zero-order valence-electron chi connectivity index (χ0n) is 9.60. The van der Waals surface area contributed by atoms with Crippen LogP contribution >= 0.6 is 0 Å². The standard InChI is InChI=1S/C15H11FN2/c16-11-5-7-12(8-6-11)18-15-9-10-17-14-4-2-1-3-13(14)15/h1-10H,(H,17,18). The summed E-state index contributed by atoms with van der Waals surface area (Å²) in [6, 6.07) is 16.1. The molecule has 0 saturated carbocycles. The van der Waals surface area contributed by atoms with Gasteiger partial charge in [-0.25, -0.2) is 4.39 Å². The Hall–Kier alpha value is -2.42. The van der Waals surface area contributed by atoms with Crippen LogP contribution in [-0.4, -0.2) is 4.98 Å². The van der Waals surface area contributed by atoms with E-state index in [0.717, 1.165) is 22.3 Å². The second-order valence-electron chi connectivity index (χ2n) is 4.01. The number of halogens is 1. The average Bonchev–Trinajstić information content (AvgIpc) is 2.42. The summed E-state index contributed by atoms with van der Waals surface area (Å²) in [6.45, 7) is 0. The maximum absolute atomic E-state index is 12.8. The van der Waals surface area contributed by atoms with E-state index in [1.165, 1.54) is 12.1 Å². The van der Waals surface area contributed by atoms with E-state index in [1.54, 1.807) is 18.3 Å². The third-order valence-electron chi connectivity index (χ3n) is 2.77. The van der Waals surface area contributed by atoms with Crippen LogP contribution in [0.3, 0.4) is 0 Å². The quantitative estimate of drug-likeness (QED) is 0.726. The summed E-state index contributed by atoms with van der Waals surface area (Å²) in [5.41, 5.74) is 2.75. The van der Waals surface area contributed by atoms with Crippen molar-refractivity contribution in [1.29, 1.82) is 0 Å². The molecule has 0 aliphatic rings. The van der Waals surface area contributed by atoms with Crippen LogP contribution < -0.4 is 5.32 Å². The Morgan fingerprint density at radius 1 is 0.889 bits per heavy atom. The molecule has 88 valence electrons. The molecule has 1 heterocycles. The van der Waals surface area contributed by atoms with E-state index in [-0.39, 0.29) is 5.82 Å². The first-order chi connectivity index (χ1) is 8.83. The molecule has 1 N–H and O–H groups in total. The summed E-state index contributed by atoms with van der Waals surface area (Å²) in [6.07, 6.45) is 1.76. The average molecular weight is 238 g/mol. The van der Waals surface area contributed by atoms with Gasteiger partial charge in [-0.2, -0.15) is 0 Å². The van der Waals surface area contributed by atoms with E-state index >= 15 is 0 Å². The van der Waals surface area contributed by atoms with Gasteiger partial charge in [-0.15, -0.1) is 0 Å². The van der Waals surface area contributed by atoms with Crippen molar-refractivity contribution in [2.24, 2.45) is 0 Å². The number of rotatable bonds is 2. The number of anilines is 2. The molecule has 0 bridgehead atoms. The van der Waals surface area contributed by atoms with Crippen LogP contribution in [0.2, 0.25) is 0 Å². The molecular weight excluding hydrogens is 227 g/mol. The van der Waals surface area contributed by atoms with Gasteiger partial charge in [0.15, 0.2) is 0 Å². The number of hydrogen-bond acceptors (Lipinski definition) is 2. The third kappa shape index (κ3) is 2.02. The van der Waals surface area contributed by atoms with E-state index in [1.807, 2.05) is 30.3 Å². The number of hydrogen-bond donors (Lipinski definition) is 1. The van der Waals surface area contributed by atoms with E-state index in [0.29, 0.717) is 0 Å². The Labute approximate surface area is 104 Å². The van der Waals surface area contributed by atoms with Crippen molar-refractivity contribution in [2.45, 2.75) is 0 Å². The highest BCUT2D eigenvalue weighted by Crippen LogP contribution is 2.24. The van der Waals surface area contributed by atoms with Crippen LogP contribution in [0.25, 0.3) is 10.9 Å². The third-order valence-corrected chi connectivity index (χ3v) is 2.77. The van der Waals surface area contributed by atoms with E-state index < -0.39 is 0 Å². The normalized spacial score (nSPS) is 10.5. The Morgan fingerprint density at radius 2 is 1.67 bits per heavy atom. The highest BCUT2D eigenvalue weighted by atomic mass is 19.1. The first kappa shape index (κ1) is 10.7. The van der Waals surface area contributed by atoms with Crippen molar-refractivity contribution in [3.63, 3.8) is 0 Å². The molecule has 0 radical (unpaired) electrons. The SMILES string of the molecule is Fc1ccc(Nc2ccnc3ccccc23)cc1. The Morgan fingerprint density at radius 3 is 2.50 bits per heavy atom. The van der Waals surface area contributed by atoms with Crippen LogP contribution in [0.15, 0.2) is 60.8 Å². The number of pyridine rings is 1. The maximum Gasteiger partial charge on any atom is 0.123 e. The summed E-state index contributed by atoms with van der Waals surface area (Å²) in [5.74, 6) is -0.236. The van der Waals surface area contributed by atoms with E-state index in [2.05, 4.69) is 10.3 Å². The topological polar surface area (TPSA) is 24.9 Å². The number of aromatic nitrogens is 1. The maximum atomic E-state index is 12.8. The van der Waals surface area contributed by atoms with Crippen molar-refractivity contribution in [2.75, 3.05) is 5.32 Å². The number of nitrogens with zero attached hydrogens (tertiary/aromatic N) is 1. The first-order valence-electron chi connectivity index (χ1n) is 5.69. The van der Waals surface area contributed by atoms with Crippen molar-refractivity contribution in [1.82, 2.24) is 4.98 Å². The summed E-state index contributed by atoms with van der Waals surface area (Å²) >= 11 is 0. The predicted octanol–water partition coefficient (Wildman–Crippen LogP) is 4.12. The molecule has 0 unspecified atom stereocenters. The molecule has 0 amide bonds. The first-order valence-corrected chi connectivity index (χ1v) is 5.69. The van der Waals surface area contributed by atoms with Crippen LogP contribution in [0, 0.1) is 5.82 Å². The minimum absolute atomic E-state index is 0.236. The highest BCUT2D eigenvalue weighted by Gasteiger charge is 2.01. The van der Waals surface area contributed by atoms with E-state index in [4.69, 9.17) is 0 Å². The number of fused-ring (bicyclic) bond motifs is 1. The van der Waals surface area contributed by atoms with Crippen LogP contribution in [-0.2, 0) is 0 Å². The summed E-state index contributed by atoms with van der Waals surface area (Å²) in [4.78, 5) is 4.30. The lowest BCUT2D eigenvalue weighted by Crippen LogP contribution is -1.92. The summed E-state index contributed by atoms with van der Waals surface area (Å²) in [7, 11) is 0. The van der Waals surface area contributed by atoms with E-state index in [9.17, 15) is 4.39 Å². The molecule has 0 aliphatic carbocycles. The molecular formula is C15H11FN2. The summed E-state index contributed by atoms with van der Waals surface area (Å²) < 4.78 is 12.8. The minimum Gasteiger partial charge on any atom is -0.355 e. The molecule has 2 aromatic carbocycles. The van der Waals surface area contributed by atoms with Gasteiger partial charge in [0.2, 0.25) is 0 Å². The lowest BCUT2D eigenvalue weighted by atomic mass is 10.2. The number of benzene rings is 2. The number of nitrogens with one attached hydrogen (secondary N) is 1. The van der Waals surface area contributed by atoms with Crippen molar-refractivity contribution in [3.05, 3.63) is 66.6 Å². The van der Waals surface area contributed by atoms with Gasteiger partial charge in [0.25, 0.3) is 0 Å². The molecule has 3 heteroatoms. The van der Waals surface area contributed by atoms with Crippen molar-refractivity contribution < 1.29 is 4.39 Å². The molecule has 0 aliphatic heterocycles. The zero-order chi connectivity index (χ0) is 12.4. The predicted molar refractivity (Wildman–Crippen MR) is 71.4 cm³/mol. The van der Waals surface area contributed by atoms with Gasteiger partial charge < -0.3 is 5.32 Å². The molecule has 2 nitrogen and oxygen atoms in total. The largest absolute Gasteiger partial charge is 0.355 e. The fourth-order valence-electron chi connectivity index (χ4n) is 1.89.